The molecule has 4 aromatic rings. The Morgan fingerprint density at radius 3 is 2.65 bits per heavy atom. The Kier molecular flexibility index (Phi) is 4.95. The van der Waals surface area contributed by atoms with Gasteiger partial charge in [-0.25, -0.2) is 0 Å². The van der Waals surface area contributed by atoms with Gasteiger partial charge < -0.3 is 10.3 Å². The van der Waals surface area contributed by atoms with E-state index >= 15 is 0 Å². The van der Waals surface area contributed by atoms with Gasteiger partial charge in [0.05, 0.1) is 4.88 Å². The standard InChI is InChI=1S/C22H20N2OS/c25-15-19-9-10-22(26-19)17-7-5-16(6-8-17)13-23-12-11-18-14-24-21-4-2-1-3-20(18)21/h1-10,14-15,23-24H,11-13H2. The van der Waals surface area contributed by atoms with Gasteiger partial charge in [-0.2, -0.15) is 0 Å². The molecule has 4 rings (SSSR count). The largest absolute Gasteiger partial charge is 0.361 e. The van der Waals surface area contributed by atoms with Gasteiger partial charge in [-0.15, -0.1) is 11.3 Å². The van der Waals surface area contributed by atoms with Crippen LogP contribution in [0.4, 0.5) is 0 Å². The summed E-state index contributed by atoms with van der Waals surface area (Å²) in [6.07, 6.45) is 4.02. The summed E-state index contributed by atoms with van der Waals surface area (Å²) in [5.41, 5.74) is 4.97. The maximum absolute atomic E-state index is 10.8. The van der Waals surface area contributed by atoms with Crippen molar-refractivity contribution in [1.29, 1.82) is 0 Å². The minimum atomic E-state index is 0.767. The van der Waals surface area contributed by atoms with E-state index in [0.29, 0.717) is 0 Å². The SMILES string of the molecule is O=Cc1ccc(-c2ccc(CNCCc3c[nH]c4ccccc34)cc2)s1. The zero-order valence-corrected chi connectivity index (χ0v) is 15.2. The first-order valence-corrected chi connectivity index (χ1v) is 9.55. The highest BCUT2D eigenvalue weighted by Gasteiger charge is 2.04. The van der Waals surface area contributed by atoms with Crippen LogP contribution in [0.2, 0.25) is 0 Å². The molecular weight excluding hydrogens is 340 g/mol. The average molecular weight is 360 g/mol. The number of carbonyl (C=O) groups is 1. The molecule has 0 bridgehead atoms. The van der Waals surface area contributed by atoms with E-state index in [4.69, 9.17) is 0 Å². The normalized spacial score (nSPS) is 11.1. The summed E-state index contributed by atoms with van der Waals surface area (Å²) in [7, 11) is 0. The van der Waals surface area contributed by atoms with Crippen LogP contribution in [-0.2, 0) is 13.0 Å². The van der Waals surface area contributed by atoms with Crippen LogP contribution in [0, 0.1) is 0 Å². The average Bonchev–Trinajstić information content (AvgIpc) is 3.33. The fourth-order valence-electron chi connectivity index (χ4n) is 3.15. The van der Waals surface area contributed by atoms with E-state index in [-0.39, 0.29) is 0 Å². The summed E-state index contributed by atoms with van der Waals surface area (Å²) in [5.74, 6) is 0. The number of hydrogen-bond donors (Lipinski definition) is 2. The van der Waals surface area contributed by atoms with Gasteiger partial charge in [0.25, 0.3) is 0 Å². The first kappa shape index (κ1) is 16.8. The highest BCUT2D eigenvalue weighted by molar-refractivity contribution is 7.17. The zero-order valence-electron chi connectivity index (χ0n) is 14.4. The number of carbonyl (C=O) groups excluding carboxylic acids is 1. The summed E-state index contributed by atoms with van der Waals surface area (Å²) in [6.45, 7) is 1.80. The van der Waals surface area contributed by atoms with Crippen molar-refractivity contribution in [3.63, 3.8) is 0 Å². The number of aromatic nitrogens is 1. The van der Waals surface area contributed by atoms with Crippen LogP contribution in [0.5, 0.6) is 0 Å². The van der Waals surface area contributed by atoms with Crippen molar-refractivity contribution in [3.05, 3.63) is 82.9 Å². The Labute approximate surface area is 156 Å². The third-order valence-corrected chi connectivity index (χ3v) is 5.62. The number of aldehydes is 1. The van der Waals surface area contributed by atoms with E-state index in [1.807, 2.05) is 12.1 Å². The van der Waals surface area contributed by atoms with E-state index in [0.717, 1.165) is 41.1 Å². The molecule has 130 valence electrons. The molecule has 0 aliphatic rings. The number of rotatable bonds is 7. The maximum atomic E-state index is 10.8. The lowest BCUT2D eigenvalue weighted by atomic mass is 10.1. The second kappa shape index (κ2) is 7.68. The Bertz CT molecular complexity index is 1010. The third-order valence-electron chi connectivity index (χ3n) is 4.56. The number of hydrogen-bond acceptors (Lipinski definition) is 3. The predicted molar refractivity (Wildman–Crippen MR) is 109 cm³/mol. The predicted octanol–water partition coefficient (Wildman–Crippen LogP) is 5.04. The molecule has 2 aromatic heterocycles. The lowest BCUT2D eigenvalue weighted by Crippen LogP contribution is -2.16. The summed E-state index contributed by atoms with van der Waals surface area (Å²) in [4.78, 5) is 16.0. The smallest absolute Gasteiger partial charge is 0.160 e. The first-order chi connectivity index (χ1) is 12.8. The molecule has 0 saturated heterocycles. The van der Waals surface area contributed by atoms with Gasteiger partial charge in [0, 0.05) is 28.5 Å². The van der Waals surface area contributed by atoms with Crippen molar-refractivity contribution in [1.82, 2.24) is 10.3 Å². The maximum Gasteiger partial charge on any atom is 0.160 e. The molecular formula is C22H20N2OS. The van der Waals surface area contributed by atoms with Crippen LogP contribution in [0.25, 0.3) is 21.3 Å². The van der Waals surface area contributed by atoms with Gasteiger partial charge in [0.1, 0.15) is 0 Å². The van der Waals surface area contributed by atoms with Gasteiger partial charge >= 0.3 is 0 Å². The molecule has 0 aliphatic heterocycles. The summed E-state index contributed by atoms with van der Waals surface area (Å²) < 4.78 is 0. The molecule has 2 N–H and O–H groups in total. The summed E-state index contributed by atoms with van der Waals surface area (Å²) in [5, 5.41) is 4.83. The second-order valence-corrected chi connectivity index (χ2v) is 7.42. The second-order valence-electron chi connectivity index (χ2n) is 6.30. The van der Waals surface area contributed by atoms with Gasteiger partial charge in [-0.05, 0) is 47.9 Å². The Morgan fingerprint density at radius 2 is 1.85 bits per heavy atom. The zero-order chi connectivity index (χ0) is 17.8. The monoisotopic (exact) mass is 360 g/mol. The third kappa shape index (κ3) is 3.62. The molecule has 0 saturated carbocycles. The molecule has 0 unspecified atom stereocenters. The molecule has 0 fully saturated rings. The van der Waals surface area contributed by atoms with Crippen molar-refractivity contribution in [2.45, 2.75) is 13.0 Å². The lowest BCUT2D eigenvalue weighted by Gasteiger charge is -2.06. The van der Waals surface area contributed by atoms with Gasteiger partial charge in [-0.1, -0.05) is 42.5 Å². The van der Waals surface area contributed by atoms with E-state index in [2.05, 4.69) is 65.0 Å². The van der Waals surface area contributed by atoms with Crippen molar-refractivity contribution >= 4 is 28.5 Å². The van der Waals surface area contributed by atoms with E-state index < -0.39 is 0 Å². The number of benzene rings is 2. The molecule has 0 aliphatic carbocycles. The molecule has 3 nitrogen and oxygen atoms in total. The van der Waals surface area contributed by atoms with E-state index in [1.54, 1.807) is 0 Å². The molecule has 2 aromatic carbocycles. The highest BCUT2D eigenvalue weighted by atomic mass is 32.1. The molecule has 26 heavy (non-hydrogen) atoms. The molecule has 0 radical (unpaired) electrons. The topological polar surface area (TPSA) is 44.9 Å². The van der Waals surface area contributed by atoms with Crippen molar-refractivity contribution in [3.8, 4) is 10.4 Å². The molecule has 0 amide bonds. The summed E-state index contributed by atoms with van der Waals surface area (Å²) >= 11 is 1.53. The van der Waals surface area contributed by atoms with Crippen molar-refractivity contribution < 1.29 is 4.79 Å². The minimum Gasteiger partial charge on any atom is -0.361 e. The molecule has 4 heteroatoms. The van der Waals surface area contributed by atoms with Crippen LogP contribution in [-0.4, -0.2) is 17.8 Å². The Morgan fingerprint density at radius 1 is 1.00 bits per heavy atom. The first-order valence-electron chi connectivity index (χ1n) is 8.73. The Hall–Kier alpha value is -2.69. The van der Waals surface area contributed by atoms with Crippen LogP contribution in [0.1, 0.15) is 20.8 Å². The van der Waals surface area contributed by atoms with Crippen LogP contribution >= 0.6 is 11.3 Å². The number of thiophene rings is 1. The van der Waals surface area contributed by atoms with Gasteiger partial charge in [0.2, 0.25) is 0 Å². The van der Waals surface area contributed by atoms with Gasteiger partial charge in [-0.3, -0.25) is 4.79 Å². The van der Waals surface area contributed by atoms with E-state index in [9.17, 15) is 4.79 Å². The lowest BCUT2D eigenvalue weighted by molar-refractivity contribution is 0.112. The quantitative estimate of drug-likeness (QED) is 0.358. The number of H-pyrrole nitrogens is 1. The van der Waals surface area contributed by atoms with Crippen molar-refractivity contribution in [2.75, 3.05) is 6.54 Å². The number of aromatic amines is 1. The molecule has 0 spiro atoms. The fourth-order valence-corrected chi connectivity index (χ4v) is 3.98. The van der Waals surface area contributed by atoms with Gasteiger partial charge in [0.15, 0.2) is 6.29 Å². The molecule has 2 heterocycles. The van der Waals surface area contributed by atoms with Crippen molar-refractivity contribution in [2.24, 2.45) is 0 Å². The van der Waals surface area contributed by atoms with Crippen LogP contribution in [0.15, 0.2) is 66.9 Å². The minimum absolute atomic E-state index is 0.767. The molecule has 0 atom stereocenters. The highest BCUT2D eigenvalue weighted by Crippen LogP contribution is 2.27. The number of para-hydroxylation sites is 1. The Balaban J connectivity index is 1.31. The van der Waals surface area contributed by atoms with Crippen LogP contribution in [0.3, 0.4) is 0 Å². The van der Waals surface area contributed by atoms with E-state index in [1.165, 1.54) is 33.4 Å². The fraction of sp³-hybridized carbons (Fsp3) is 0.136. The summed E-state index contributed by atoms with van der Waals surface area (Å²) in [6, 6.07) is 20.8. The number of fused-ring (bicyclic) bond motifs is 1. The number of nitrogens with one attached hydrogen (secondary N) is 2. The van der Waals surface area contributed by atoms with Crippen LogP contribution < -0.4 is 5.32 Å².